The first-order valence-corrected chi connectivity index (χ1v) is 5.73. The van der Waals surface area contributed by atoms with Gasteiger partial charge in [-0.25, -0.2) is 0 Å². The number of rotatable bonds is 3. The summed E-state index contributed by atoms with van der Waals surface area (Å²) in [5.74, 6) is 4.96. The van der Waals surface area contributed by atoms with Crippen LogP contribution in [0.3, 0.4) is 0 Å². The molecule has 1 amide bonds. The summed E-state index contributed by atoms with van der Waals surface area (Å²) in [5.41, 5.74) is 0.998. The monoisotopic (exact) mass is 267 g/mol. The van der Waals surface area contributed by atoms with Crippen LogP contribution in [-0.4, -0.2) is 47.8 Å². The third-order valence-corrected chi connectivity index (χ3v) is 2.61. The number of hydrogen-bond donors (Lipinski definition) is 2. The second kappa shape index (κ2) is 7.02. The van der Waals surface area contributed by atoms with Crippen LogP contribution in [0.15, 0.2) is 18.2 Å². The summed E-state index contributed by atoms with van der Waals surface area (Å²) < 4.78 is 0. The Morgan fingerprint density at radius 2 is 2.17 bits per heavy atom. The number of carbonyl (C=O) groups excluding carboxylic acids is 1. The van der Waals surface area contributed by atoms with E-state index in [0.29, 0.717) is 16.1 Å². The first-order valence-electron chi connectivity index (χ1n) is 5.35. The Bertz CT molecular complexity index is 491. The second-order valence-electron chi connectivity index (χ2n) is 3.60. The molecule has 4 nitrogen and oxygen atoms in total. The zero-order valence-corrected chi connectivity index (χ0v) is 10.7. The van der Waals surface area contributed by atoms with Crippen molar-refractivity contribution in [2.24, 2.45) is 0 Å². The van der Waals surface area contributed by atoms with Crippen molar-refractivity contribution >= 4 is 17.5 Å². The molecular formula is C13H14ClNO3. The summed E-state index contributed by atoms with van der Waals surface area (Å²) in [5, 5.41) is 17.7. The van der Waals surface area contributed by atoms with E-state index in [1.165, 1.54) is 11.0 Å². The molecule has 0 saturated heterocycles. The van der Waals surface area contributed by atoms with E-state index in [9.17, 15) is 4.79 Å². The molecule has 18 heavy (non-hydrogen) atoms. The van der Waals surface area contributed by atoms with Crippen molar-refractivity contribution in [1.29, 1.82) is 0 Å². The zero-order valence-electron chi connectivity index (χ0n) is 9.98. The standard InChI is InChI=1S/C13H14ClNO3/c1-15(6-8-17)13(18)11-5-4-10(3-2-7-16)12(14)9-11/h4-5,9,16-17H,6-8H2,1H3. The number of hydrogen-bond acceptors (Lipinski definition) is 3. The van der Waals surface area contributed by atoms with Crippen LogP contribution in [0.1, 0.15) is 15.9 Å². The van der Waals surface area contributed by atoms with Crippen LogP contribution in [0.25, 0.3) is 0 Å². The molecule has 96 valence electrons. The van der Waals surface area contributed by atoms with Gasteiger partial charge >= 0.3 is 0 Å². The van der Waals surface area contributed by atoms with Crippen molar-refractivity contribution < 1.29 is 15.0 Å². The molecule has 0 unspecified atom stereocenters. The number of amides is 1. The van der Waals surface area contributed by atoms with Crippen LogP contribution < -0.4 is 0 Å². The van der Waals surface area contributed by atoms with Crippen molar-refractivity contribution in [3.8, 4) is 11.8 Å². The van der Waals surface area contributed by atoms with Gasteiger partial charge in [-0.2, -0.15) is 0 Å². The molecule has 1 aromatic rings. The first-order chi connectivity index (χ1) is 8.60. The number of nitrogens with zero attached hydrogens (tertiary/aromatic N) is 1. The third kappa shape index (κ3) is 3.74. The average molecular weight is 268 g/mol. The van der Waals surface area contributed by atoms with Gasteiger partial charge in [0, 0.05) is 24.7 Å². The summed E-state index contributed by atoms with van der Waals surface area (Å²) in [4.78, 5) is 13.3. The van der Waals surface area contributed by atoms with Gasteiger partial charge in [0.15, 0.2) is 0 Å². The summed E-state index contributed by atoms with van der Waals surface area (Å²) in [6.45, 7) is -0.0607. The highest BCUT2D eigenvalue weighted by molar-refractivity contribution is 6.32. The average Bonchev–Trinajstić information content (AvgIpc) is 2.36. The zero-order chi connectivity index (χ0) is 13.5. The molecular weight excluding hydrogens is 254 g/mol. The fraction of sp³-hybridized carbons (Fsp3) is 0.308. The molecule has 0 spiro atoms. The third-order valence-electron chi connectivity index (χ3n) is 2.30. The van der Waals surface area contributed by atoms with E-state index in [1.54, 1.807) is 19.2 Å². The largest absolute Gasteiger partial charge is 0.395 e. The molecule has 0 aliphatic carbocycles. The molecule has 0 radical (unpaired) electrons. The van der Waals surface area contributed by atoms with Gasteiger partial charge in [0.05, 0.1) is 11.6 Å². The fourth-order valence-electron chi connectivity index (χ4n) is 1.36. The number of aliphatic hydroxyl groups excluding tert-OH is 2. The van der Waals surface area contributed by atoms with Crippen LogP contribution in [-0.2, 0) is 0 Å². The van der Waals surface area contributed by atoms with Gasteiger partial charge in [-0.05, 0) is 18.2 Å². The van der Waals surface area contributed by atoms with Crippen LogP contribution in [0.5, 0.6) is 0 Å². The number of carbonyl (C=O) groups is 1. The number of aliphatic hydroxyl groups is 2. The molecule has 0 heterocycles. The van der Waals surface area contributed by atoms with E-state index in [4.69, 9.17) is 21.8 Å². The van der Waals surface area contributed by atoms with Gasteiger partial charge in [0.2, 0.25) is 0 Å². The van der Waals surface area contributed by atoms with Gasteiger partial charge in [-0.15, -0.1) is 0 Å². The molecule has 1 aromatic carbocycles. The smallest absolute Gasteiger partial charge is 0.253 e. The summed E-state index contributed by atoms with van der Waals surface area (Å²) in [7, 11) is 1.60. The van der Waals surface area contributed by atoms with Gasteiger partial charge in [0.1, 0.15) is 6.61 Å². The predicted octanol–water partition coefficient (Wildman–Crippen LogP) is 0.748. The molecule has 0 saturated carbocycles. The lowest BCUT2D eigenvalue weighted by Gasteiger charge is -2.15. The highest BCUT2D eigenvalue weighted by Gasteiger charge is 2.12. The molecule has 0 atom stereocenters. The van der Waals surface area contributed by atoms with E-state index >= 15 is 0 Å². The van der Waals surface area contributed by atoms with Gasteiger partial charge in [0.25, 0.3) is 5.91 Å². The lowest BCUT2D eigenvalue weighted by atomic mass is 10.1. The van der Waals surface area contributed by atoms with Gasteiger partial charge in [-0.1, -0.05) is 23.4 Å². The maximum absolute atomic E-state index is 11.9. The molecule has 1 rings (SSSR count). The second-order valence-corrected chi connectivity index (χ2v) is 4.01. The Labute approximate surface area is 111 Å². The first kappa shape index (κ1) is 14.5. The molecule has 0 fully saturated rings. The van der Waals surface area contributed by atoms with Crippen molar-refractivity contribution in [3.05, 3.63) is 34.3 Å². The lowest BCUT2D eigenvalue weighted by Crippen LogP contribution is -2.29. The van der Waals surface area contributed by atoms with Crippen LogP contribution in [0.4, 0.5) is 0 Å². The maximum Gasteiger partial charge on any atom is 0.253 e. The maximum atomic E-state index is 11.9. The quantitative estimate of drug-likeness (QED) is 0.795. The Morgan fingerprint density at radius 1 is 1.44 bits per heavy atom. The Balaban J connectivity index is 2.93. The SMILES string of the molecule is CN(CCO)C(=O)c1ccc(C#CCO)c(Cl)c1. The lowest BCUT2D eigenvalue weighted by molar-refractivity contribution is 0.0767. The van der Waals surface area contributed by atoms with Gasteiger partial charge in [-0.3, -0.25) is 4.79 Å². The molecule has 0 bridgehead atoms. The van der Waals surface area contributed by atoms with Crippen molar-refractivity contribution in [2.75, 3.05) is 26.8 Å². The Kier molecular flexibility index (Phi) is 5.66. The van der Waals surface area contributed by atoms with E-state index in [1.807, 2.05) is 0 Å². The van der Waals surface area contributed by atoms with Gasteiger partial charge < -0.3 is 15.1 Å². The Morgan fingerprint density at radius 3 is 2.72 bits per heavy atom. The van der Waals surface area contributed by atoms with Crippen molar-refractivity contribution in [2.45, 2.75) is 0 Å². The highest BCUT2D eigenvalue weighted by atomic mass is 35.5. The summed E-state index contributed by atoms with van der Waals surface area (Å²) >= 11 is 5.99. The molecule has 2 N–H and O–H groups in total. The van der Waals surface area contributed by atoms with Crippen LogP contribution >= 0.6 is 11.6 Å². The van der Waals surface area contributed by atoms with E-state index in [-0.39, 0.29) is 25.7 Å². The topological polar surface area (TPSA) is 60.8 Å². The summed E-state index contributed by atoms with van der Waals surface area (Å²) in [6, 6.07) is 4.77. The predicted molar refractivity (Wildman–Crippen MR) is 69.5 cm³/mol. The van der Waals surface area contributed by atoms with Crippen LogP contribution in [0, 0.1) is 11.8 Å². The minimum Gasteiger partial charge on any atom is -0.395 e. The fourth-order valence-corrected chi connectivity index (χ4v) is 1.58. The van der Waals surface area contributed by atoms with E-state index < -0.39 is 0 Å². The van der Waals surface area contributed by atoms with Crippen molar-refractivity contribution in [1.82, 2.24) is 4.90 Å². The molecule has 0 aromatic heterocycles. The normalized spacial score (nSPS) is 9.56. The van der Waals surface area contributed by atoms with Crippen molar-refractivity contribution in [3.63, 3.8) is 0 Å². The van der Waals surface area contributed by atoms with E-state index in [0.717, 1.165) is 0 Å². The minimum absolute atomic E-state index is 0.0873. The highest BCUT2D eigenvalue weighted by Crippen LogP contribution is 2.17. The molecule has 0 aliphatic heterocycles. The summed E-state index contributed by atoms with van der Waals surface area (Å²) in [6.07, 6.45) is 0. The Hall–Kier alpha value is -1.54. The number of likely N-dealkylation sites (N-methyl/N-ethyl adjacent to an activating group) is 1. The number of halogens is 1. The number of benzene rings is 1. The molecule has 0 aliphatic rings. The minimum atomic E-state index is -0.240. The molecule has 5 heteroatoms. The van der Waals surface area contributed by atoms with E-state index in [2.05, 4.69) is 11.8 Å². The van der Waals surface area contributed by atoms with Crippen LogP contribution in [0.2, 0.25) is 5.02 Å².